The lowest BCUT2D eigenvalue weighted by molar-refractivity contribution is -0.308. The first kappa shape index (κ1) is 15.7. The summed E-state index contributed by atoms with van der Waals surface area (Å²) in [6.07, 6.45) is -0.171. The summed E-state index contributed by atoms with van der Waals surface area (Å²) < 4.78 is 0. The number of fused-ring (bicyclic) bond motifs is 1. The van der Waals surface area contributed by atoms with Gasteiger partial charge < -0.3 is 15.2 Å². The number of amides is 1. The molecule has 3 aromatic rings. The highest BCUT2D eigenvalue weighted by Crippen LogP contribution is 2.24. The highest BCUT2D eigenvalue weighted by Gasteiger charge is 2.17. The minimum Gasteiger partial charge on any atom is -0.549 e. The minimum atomic E-state index is -1.26. The zero-order valence-corrected chi connectivity index (χ0v) is 12.9. The summed E-state index contributed by atoms with van der Waals surface area (Å²) in [5, 5.41) is 16.1. The monoisotopic (exact) mass is 318 g/mol. The third-order valence-corrected chi connectivity index (χ3v) is 3.94. The maximum Gasteiger partial charge on any atom is 0.225 e. The van der Waals surface area contributed by atoms with Crippen LogP contribution in [0.15, 0.2) is 72.8 Å². The van der Waals surface area contributed by atoms with Crippen molar-refractivity contribution in [3.63, 3.8) is 0 Å². The lowest BCUT2D eigenvalue weighted by Gasteiger charge is -2.18. The van der Waals surface area contributed by atoms with Crippen LogP contribution in [0.2, 0.25) is 0 Å². The molecule has 0 fully saturated rings. The molecule has 0 bridgehead atoms. The lowest BCUT2D eigenvalue weighted by Crippen LogP contribution is -2.32. The van der Waals surface area contributed by atoms with Gasteiger partial charge in [-0.05, 0) is 17.0 Å². The normalized spacial score (nSPS) is 11.8. The molecule has 4 heteroatoms. The van der Waals surface area contributed by atoms with Crippen molar-refractivity contribution in [3.05, 3.63) is 78.4 Å². The smallest absolute Gasteiger partial charge is 0.225 e. The molecule has 3 rings (SSSR count). The Bertz CT molecular complexity index is 869. The Hall–Kier alpha value is -3.14. The number of hydrogen-bond donors (Lipinski definition) is 1. The van der Waals surface area contributed by atoms with E-state index in [2.05, 4.69) is 5.32 Å². The van der Waals surface area contributed by atoms with Gasteiger partial charge in [-0.25, -0.2) is 0 Å². The first-order valence-electron chi connectivity index (χ1n) is 7.68. The number of carboxylic acids is 1. The number of anilines is 1. The van der Waals surface area contributed by atoms with Crippen molar-refractivity contribution >= 4 is 28.3 Å². The van der Waals surface area contributed by atoms with Gasteiger partial charge in [-0.2, -0.15) is 0 Å². The van der Waals surface area contributed by atoms with Crippen LogP contribution in [0.5, 0.6) is 0 Å². The Labute approximate surface area is 139 Å². The SMILES string of the molecule is O=C(CC(C(=O)[O-])c1ccccc1)Nc1cccc2ccccc12. The number of rotatable bonds is 5. The molecule has 0 spiro atoms. The van der Waals surface area contributed by atoms with Gasteiger partial charge in [-0.1, -0.05) is 66.7 Å². The number of nitrogens with one attached hydrogen (secondary N) is 1. The molecule has 1 atom stereocenters. The number of carbonyl (C=O) groups excluding carboxylic acids is 2. The quantitative estimate of drug-likeness (QED) is 0.786. The molecular formula is C20H16NO3-. The van der Waals surface area contributed by atoms with Crippen molar-refractivity contribution < 1.29 is 14.7 Å². The van der Waals surface area contributed by atoms with Crippen LogP contribution in [-0.4, -0.2) is 11.9 Å². The standard InChI is InChI=1S/C20H17NO3/c22-19(13-17(20(23)24)15-7-2-1-3-8-15)21-18-12-6-10-14-9-4-5-11-16(14)18/h1-12,17H,13H2,(H,21,22)(H,23,24)/p-1. The summed E-state index contributed by atoms with van der Waals surface area (Å²) in [6.45, 7) is 0. The summed E-state index contributed by atoms with van der Waals surface area (Å²) >= 11 is 0. The maximum absolute atomic E-state index is 12.3. The van der Waals surface area contributed by atoms with Crippen LogP contribution in [0.25, 0.3) is 10.8 Å². The van der Waals surface area contributed by atoms with E-state index in [1.165, 1.54) is 0 Å². The fourth-order valence-corrected chi connectivity index (χ4v) is 2.74. The van der Waals surface area contributed by atoms with Gasteiger partial charge in [0.15, 0.2) is 0 Å². The second-order valence-corrected chi connectivity index (χ2v) is 5.56. The zero-order valence-electron chi connectivity index (χ0n) is 12.9. The Morgan fingerprint density at radius 3 is 2.29 bits per heavy atom. The topological polar surface area (TPSA) is 69.2 Å². The van der Waals surface area contributed by atoms with Crippen LogP contribution >= 0.6 is 0 Å². The van der Waals surface area contributed by atoms with E-state index in [1.54, 1.807) is 36.4 Å². The van der Waals surface area contributed by atoms with Crippen LogP contribution < -0.4 is 10.4 Å². The summed E-state index contributed by atoms with van der Waals surface area (Å²) in [6, 6.07) is 22.0. The van der Waals surface area contributed by atoms with Gasteiger partial charge in [-0.15, -0.1) is 0 Å². The molecule has 0 aliphatic rings. The van der Waals surface area contributed by atoms with E-state index in [0.717, 1.165) is 10.8 Å². The highest BCUT2D eigenvalue weighted by atomic mass is 16.4. The first-order valence-corrected chi connectivity index (χ1v) is 7.68. The van der Waals surface area contributed by atoms with E-state index in [1.807, 2.05) is 36.4 Å². The molecule has 4 nitrogen and oxygen atoms in total. The zero-order chi connectivity index (χ0) is 16.9. The molecule has 0 heterocycles. The fourth-order valence-electron chi connectivity index (χ4n) is 2.74. The van der Waals surface area contributed by atoms with Gasteiger partial charge in [0.25, 0.3) is 0 Å². The number of benzene rings is 3. The van der Waals surface area contributed by atoms with Crippen molar-refractivity contribution in [2.75, 3.05) is 5.32 Å². The largest absolute Gasteiger partial charge is 0.549 e. The van der Waals surface area contributed by atoms with Crippen LogP contribution in [0.1, 0.15) is 17.9 Å². The molecule has 24 heavy (non-hydrogen) atoms. The van der Waals surface area contributed by atoms with Crippen LogP contribution in [-0.2, 0) is 9.59 Å². The first-order chi connectivity index (χ1) is 11.6. The molecule has 3 aromatic carbocycles. The summed E-state index contributed by atoms with van der Waals surface area (Å²) in [5.74, 6) is -2.58. The van der Waals surface area contributed by atoms with Gasteiger partial charge in [0.05, 0.1) is 0 Å². The maximum atomic E-state index is 12.3. The third-order valence-electron chi connectivity index (χ3n) is 3.94. The molecule has 1 N–H and O–H groups in total. The van der Waals surface area contributed by atoms with Gasteiger partial charge >= 0.3 is 0 Å². The summed E-state index contributed by atoms with van der Waals surface area (Å²) in [4.78, 5) is 23.8. The number of carboxylic acid groups (broad SMARTS) is 1. The van der Waals surface area contributed by atoms with E-state index in [0.29, 0.717) is 11.3 Å². The van der Waals surface area contributed by atoms with Gasteiger partial charge in [-0.3, -0.25) is 4.79 Å². The fraction of sp³-hybridized carbons (Fsp3) is 0.100. The highest BCUT2D eigenvalue weighted by molar-refractivity contribution is 6.03. The van der Waals surface area contributed by atoms with E-state index in [-0.39, 0.29) is 12.3 Å². The number of hydrogen-bond acceptors (Lipinski definition) is 3. The Morgan fingerprint density at radius 1 is 0.875 bits per heavy atom. The van der Waals surface area contributed by atoms with E-state index in [9.17, 15) is 14.7 Å². The van der Waals surface area contributed by atoms with E-state index < -0.39 is 11.9 Å². The van der Waals surface area contributed by atoms with Crippen molar-refractivity contribution in [3.8, 4) is 0 Å². The molecule has 0 radical (unpaired) electrons. The van der Waals surface area contributed by atoms with Crippen LogP contribution in [0.3, 0.4) is 0 Å². The third kappa shape index (κ3) is 3.43. The van der Waals surface area contributed by atoms with Crippen molar-refractivity contribution in [2.24, 2.45) is 0 Å². The van der Waals surface area contributed by atoms with Crippen LogP contribution in [0, 0.1) is 0 Å². The van der Waals surface area contributed by atoms with Gasteiger partial charge in [0, 0.05) is 29.4 Å². The molecule has 0 aliphatic heterocycles. The summed E-state index contributed by atoms with van der Waals surface area (Å²) in [5.41, 5.74) is 1.23. The molecular weight excluding hydrogens is 302 g/mol. The predicted molar refractivity (Wildman–Crippen MR) is 91.4 cm³/mol. The predicted octanol–water partition coefficient (Wildman–Crippen LogP) is 2.70. The van der Waals surface area contributed by atoms with Crippen molar-refractivity contribution in [2.45, 2.75) is 12.3 Å². The molecule has 120 valence electrons. The van der Waals surface area contributed by atoms with Crippen LogP contribution in [0.4, 0.5) is 5.69 Å². The lowest BCUT2D eigenvalue weighted by atomic mass is 9.95. The Morgan fingerprint density at radius 2 is 1.54 bits per heavy atom. The summed E-state index contributed by atoms with van der Waals surface area (Å²) in [7, 11) is 0. The van der Waals surface area contributed by atoms with Crippen molar-refractivity contribution in [1.29, 1.82) is 0 Å². The second-order valence-electron chi connectivity index (χ2n) is 5.56. The molecule has 0 saturated heterocycles. The molecule has 1 unspecified atom stereocenters. The average Bonchev–Trinajstić information content (AvgIpc) is 2.60. The van der Waals surface area contributed by atoms with Gasteiger partial charge in [0.2, 0.25) is 5.91 Å². The molecule has 0 aromatic heterocycles. The number of carbonyl (C=O) groups is 2. The van der Waals surface area contributed by atoms with E-state index in [4.69, 9.17) is 0 Å². The number of aliphatic carboxylic acids is 1. The molecule has 0 aliphatic carbocycles. The Balaban J connectivity index is 1.80. The second kappa shape index (κ2) is 6.96. The minimum absolute atomic E-state index is 0.171. The average molecular weight is 318 g/mol. The Kier molecular flexibility index (Phi) is 4.57. The van der Waals surface area contributed by atoms with E-state index >= 15 is 0 Å². The molecule has 1 amide bonds. The molecule has 0 saturated carbocycles. The van der Waals surface area contributed by atoms with Crippen molar-refractivity contribution in [1.82, 2.24) is 0 Å². The van der Waals surface area contributed by atoms with Gasteiger partial charge in [0.1, 0.15) is 0 Å².